The second-order valence-electron chi connectivity index (χ2n) is 12.3. The van der Waals surface area contributed by atoms with Gasteiger partial charge in [-0.15, -0.1) is 0 Å². The van der Waals surface area contributed by atoms with Crippen LogP contribution in [0.15, 0.2) is 97.1 Å². The highest BCUT2D eigenvalue weighted by molar-refractivity contribution is 5.98. The number of hydrogen-bond donors (Lipinski definition) is 2. The third-order valence-corrected chi connectivity index (χ3v) is 8.01. The van der Waals surface area contributed by atoms with Crippen LogP contribution in [0.4, 0.5) is 26.3 Å². The number of halogens is 6. The molecule has 0 fully saturated rings. The number of nitrogens with zero attached hydrogens (tertiary/aromatic N) is 1. The molecule has 7 nitrogen and oxygen atoms in total. The number of nitrogens with two attached hydrogens (primary N) is 1. The summed E-state index contributed by atoms with van der Waals surface area (Å²) in [6, 6.07) is 22.1. The lowest BCUT2D eigenvalue weighted by Crippen LogP contribution is -2.58. The van der Waals surface area contributed by atoms with E-state index < -0.39 is 58.6 Å². The van der Waals surface area contributed by atoms with Crippen molar-refractivity contribution in [3.63, 3.8) is 0 Å². The number of primary amides is 1. The molecule has 13 heteroatoms. The summed E-state index contributed by atoms with van der Waals surface area (Å²) < 4.78 is 84.4. The van der Waals surface area contributed by atoms with E-state index in [1.54, 1.807) is 62.4 Å². The number of rotatable bonds is 13. The number of amides is 2. The van der Waals surface area contributed by atoms with Crippen LogP contribution >= 0.6 is 0 Å². The molecule has 0 aliphatic rings. The smallest absolute Gasteiger partial charge is 0.416 e. The van der Waals surface area contributed by atoms with Crippen LogP contribution in [0.3, 0.4) is 0 Å². The minimum Gasteiger partial charge on any atom is -0.489 e. The lowest BCUT2D eigenvalue weighted by atomic mass is 9.89. The first kappa shape index (κ1) is 37.5. The molecule has 264 valence electrons. The van der Waals surface area contributed by atoms with Gasteiger partial charge in [0.15, 0.2) is 0 Å². The van der Waals surface area contributed by atoms with Gasteiger partial charge in [-0.1, -0.05) is 66.7 Å². The van der Waals surface area contributed by atoms with Gasteiger partial charge in [-0.05, 0) is 79.3 Å². The Morgan fingerprint density at radius 3 is 1.76 bits per heavy atom. The number of aliphatic carboxylic acids is 1. The van der Waals surface area contributed by atoms with Crippen LogP contribution in [0.1, 0.15) is 59.3 Å². The van der Waals surface area contributed by atoms with E-state index in [9.17, 15) is 45.8 Å². The van der Waals surface area contributed by atoms with Gasteiger partial charge in [0, 0.05) is 17.5 Å². The van der Waals surface area contributed by atoms with Crippen molar-refractivity contribution in [3.8, 4) is 16.9 Å². The maximum Gasteiger partial charge on any atom is 0.416 e. The first-order chi connectivity index (χ1) is 23.3. The van der Waals surface area contributed by atoms with Gasteiger partial charge in [0.25, 0.3) is 5.91 Å². The summed E-state index contributed by atoms with van der Waals surface area (Å²) in [4.78, 5) is 39.4. The van der Waals surface area contributed by atoms with E-state index in [0.717, 1.165) is 5.56 Å². The maximum atomic E-state index is 14.0. The number of carbonyl (C=O) groups is 3. The topological polar surface area (TPSA) is 110 Å². The quantitative estimate of drug-likeness (QED) is 0.137. The van der Waals surface area contributed by atoms with Gasteiger partial charge >= 0.3 is 18.3 Å². The minimum absolute atomic E-state index is 0.0270. The molecule has 1 atom stereocenters. The fourth-order valence-electron chi connectivity index (χ4n) is 5.59. The predicted octanol–water partition coefficient (Wildman–Crippen LogP) is 8.15. The summed E-state index contributed by atoms with van der Waals surface area (Å²) in [5, 5.41) is 9.29. The van der Waals surface area contributed by atoms with Gasteiger partial charge in [0.2, 0.25) is 5.91 Å². The Hall–Kier alpha value is -5.33. The van der Waals surface area contributed by atoms with Crippen molar-refractivity contribution >= 4 is 17.8 Å². The monoisotopic (exact) mass is 700 g/mol. The molecule has 4 aromatic rings. The van der Waals surface area contributed by atoms with Gasteiger partial charge in [-0.3, -0.25) is 14.4 Å². The number of alkyl halides is 6. The zero-order chi connectivity index (χ0) is 36.9. The molecule has 0 heterocycles. The largest absolute Gasteiger partial charge is 0.489 e. The van der Waals surface area contributed by atoms with Crippen molar-refractivity contribution in [1.82, 2.24) is 4.90 Å². The fraction of sp³-hybridized carbons (Fsp3) is 0.270. The molecular weight excluding hydrogens is 666 g/mol. The summed E-state index contributed by atoms with van der Waals surface area (Å²) >= 11 is 0. The highest BCUT2D eigenvalue weighted by Crippen LogP contribution is 2.38. The summed E-state index contributed by atoms with van der Waals surface area (Å²) in [7, 11) is 0. The number of hydrogen-bond acceptors (Lipinski definition) is 4. The zero-order valence-electron chi connectivity index (χ0n) is 27.0. The standard InChI is InChI=1S/C37H34F6N2O5/c1-35(2,21-23-6-4-3-5-7-23)45(31(33(44)48)16-17-32(46)47)34(49)27-14-12-26(13-15-27)25-10-8-24(9-11-25)22-50-30-19-28(36(38,39)40)18-29(20-30)37(41,42)43/h3-15,18-20,31H,16-17,21-22H2,1-2H3,(H2,44,48)(H,46,47)/t31-/m0/s1. The van der Waals surface area contributed by atoms with Crippen LogP contribution in [0.2, 0.25) is 0 Å². The van der Waals surface area contributed by atoms with E-state index in [4.69, 9.17) is 10.5 Å². The molecule has 0 saturated carbocycles. The number of benzene rings is 4. The minimum atomic E-state index is -5.00. The third kappa shape index (κ3) is 9.64. The Bertz CT molecular complexity index is 1770. The Morgan fingerprint density at radius 2 is 1.28 bits per heavy atom. The Morgan fingerprint density at radius 1 is 0.760 bits per heavy atom. The molecule has 4 aromatic carbocycles. The zero-order valence-corrected chi connectivity index (χ0v) is 27.0. The average molecular weight is 701 g/mol. The SMILES string of the molecule is CC(C)(Cc1ccccc1)N(C(=O)c1ccc(-c2ccc(COc3cc(C(F)(F)F)cc(C(F)(F)F)c3)cc2)cc1)[C@@H](CCC(=O)O)C(N)=O. The molecule has 0 bridgehead atoms. The van der Waals surface area contributed by atoms with Crippen molar-refractivity contribution in [2.45, 2.75) is 63.7 Å². The second kappa shape index (κ2) is 15.1. The Balaban J connectivity index is 1.54. The van der Waals surface area contributed by atoms with E-state index in [1.807, 2.05) is 30.3 Å². The molecule has 0 unspecified atom stereocenters. The van der Waals surface area contributed by atoms with Crippen molar-refractivity contribution in [2.24, 2.45) is 5.73 Å². The van der Waals surface area contributed by atoms with E-state index >= 15 is 0 Å². The van der Waals surface area contributed by atoms with Gasteiger partial charge < -0.3 is 20.5 Å². The molecule has 0 radical (unpaired) electrons. The lowest BCUT2D eigenvalue weighted by molar-refractivity contribution is -0.143. The molecule has 0 aliphatic carbocycles. The van der Waals surface area contributed by atoms with Crippen molar-refractivity contribution in [2.75, 3.05) is 0 Å². The summed E-state index contributed by atoms with van der Waals surface area (Å²) in [5.74, 6) is -3.09. The van der Waals surface area contributed by atoms with E-state index in [2.05, 4.69) is 0 Å². The highest BCUT2D eigenvalue weighted by atomic mass is 19.4. The molecule has 0 aromatic heterocycles. The molecule has 0 aliphatic heterocycles. The number of carbonyl (C=O) groups excluding carboxylic acids is 2. The molecule has 2 amide bonds. The van der Waals surface area contributed by atoms with Crippen LogP contribution in [0.5, 0.6) is 5.75 Å². The normalized spacial score (nSPS) is 12.6. The van der Waals surface area contributed by atoms with E-state index in [1.165, 1.54) is 4.90 Å². The molecular formula is C37H34F6N2O5. The lowest BCUT2D eigenvalue weighted by Gasteiger charge is -2.43. The van der Waals surface area contributed by atoms with Gasteiger partial charge in [0.1, 0.15) is 18.4 Å². The Labute approximate surface area is 284 Å². The maximum absolute atomic E-state index is 14.0. The van der Waals surface area contributed by atoms with E-state index in [0.29, 0.717) is 35.2 Å². The summed E-state index contributed by atoms with van der Waals surface area (Å²) in [6.45, 7) is 3.25. The van der Waals surface area contributed by atoms with Crippen LogP contribution in [-0.4, -0.2) is 39.4 Å². The molecule has 4 rings (SSSR count). The third-order valence-electron chi connectivity index (χ3n) is 8.01. The van der Waals surface area contributed by atoms with Crippen molar-refractivity contribution in [3.05, 3.63) is 125 Å². The van der Waals surface area contributed by atoms with Crippen LogP contribution in [0.25, 0.3) is 11.1 Å². The van der Waals surface area contributed by atoms with Gasteiger partial charge in [-0.25, -0.2) is 0 Å². The van der Waals surface area contributed by atoms with Crippen LogP contribution < -0.4 is 10.5 Å². The highest BCUT2D eigenvalue weighted by Gasteiger charge is 2.40. The van der Waals surface area contributed by atoms with Crippen LogP contribution in [-0.2, 0) is 35.0 Å². The summed E-state index contributed by atoms with van der Waals surface area (Å²) in [5.41, 5.74) is 4.75. The van der Waals surface area contributed by atoms with E-state index in [-0.39, 0.29) is 31.1 Å². The molecule has 0 saturated heterocycles. The van der Waals surface area contributed by atoms with Crippen molar-refractivity contribution in [1.29, 1.82) is 0 Å². The number of carboxylic acids is 1. The Kier molecular flexibility index (Phi) is 11.3. The number of ether oxygens (including phenoxy) is 1. The van der Waals surface area contributed by atoms with Crippen molar-refractivity contribution < 1.29 is 50.6 Å². The average Bonchev–Trinajstić information content (AvgIpc) is 3.04. The fourth-order valence-corrected chi connectivity index (χ4v) is 5.59. The first-order valence-corrected chi connectivity index (χ1v) is 15.4. The predicted molar refractivity (Wildman–Crippen MR) is 173 cm³/mol. The van der Waals surface area contributed by atoms with Gasteiger partial charge in [-0.2, -0.15) is 26.3 Å². The molecule has 50 heavy (non-hydrogen) atoms. The summed E-state index contributed by atoms with van der Waals surface area (Å²) in [6.07, 6.45) is -10.2. The molecule has 0 spiro atoms. The van der Waals surface area contributed by atoms with Crippen LogP contribution in [0, 0.1) is 0 Å². The second-order valence-corrected chi connectivity index (χ2v) is 12.3. The van der Waals surface area contributed by atoms with Gasteiger partial charge in [0.05, 0.1) is 11.1 Å². The molecule has 3 N–H and O–H groups in total. The number of carboxylic acid groups (broad SMARTS) is 1. The first-order valence-electron chi connectivity index (χ1n) is 15.4.